The minimum absolute atomic E-state index is 0.344. The summed E-state index contributed by atoms with van der Waals surface area (Å²) < 4.78 is 0. The van der Waals surface area contributed by atoms with Crippen LogP contribution >= 0.6 is 0 Å². The molecule has 1 aromatic carbocycles. The monoisotopic (exact) mass is 372 g/mol. The number of nitrogens with one attached hydrogen (secondary N) is 3. The van der Waals surface area contributed by atoms with Crippen molar-refractivity contribution in [3.63, 3.8) is 0 Å². The minimum atomic E-state index is 0.344. The van der Waals surface area contributed by atoms with Crippen molar-refractivity contribution in [3.8, 4) is 0 Å². The normalized spacial score (nSPS) is 10.6. The number of rotatable bonds is 6. The van der Waals surface area contributed by atoms with E-state index in [2.05, 4.69) is 42.0 Å². The summed E-state index contributed by atoms with van der Waals surface area (Å²) in [7, 11) is 1.82. The summed E-state index contributed by atoms with van der Waals surface area (Å²) in [6.07, 6.45) is 5.10. The van der Waals surface area contributed by atoms with Crippen LogP contribution < -0.4 is 21.7 Å². The summed E-state index contributed by atoms with van der Waals surface area (Å²) in [5.74, 6) is 2.24. The van der Waals surface area contributed by atoms with E-state index >= 15 is 0 Å². The number of benzene rings is 1. The zero-order valence-electron chi connectivity index (χ0n) is 15.3. The van der Waals surface area contributed by atoms with E-state index in [4.69, 9.17) is 5.73 Å². The third kappa shape index (κ3) is 3.90. The van der Waals surface area contributed by atoms with Gasteiger partial charge >= 0.3 is 0 Å². The van der Waals surface area contributed by atoms with Gasteiger partial charge in [0.25, 0.3) is 0 Å². The highest BCUT2D eigenvalue weighted by Gasteiger charge is 2.06. The molecule has 0 aliphatic carbocycles. The number of anilines is 5. The molecule has 28 heavy (non-hydrogen) atoms. The molecule has 3 aromatic heterocycles. The molecule has 4 rings (SSSR count). The Morgan fingerprint density at radius 2 is 1.89 bits per heavy atom. The van der Waals surface area contributed by atoms with Crippen LogP contribution in [-0.2, 0) is 6.54 Å². The molecular weight excluding hydrogens is 352 g/mol. The number of hydrogen-bond acceptors (Lipinski definition) is 8. The fourth-order valence-corrected chi connectivity index (χ4v) is 2.77. The van der Waals surface area contributed by atoms with E-state index in [1.165, 1.54) is 0 Å². The summed E-state index contributed by atoms with van der Waals surface area (Å²) in [6.45, 7) is 0.575. The highest BCUT2D eigenvalue weighted by Crippen LogP contribution is 2.21. The highest BCUT2D eigenvalue weighted by molar-refractivity contribution is 5.79. The number of pyridine rings is 2. The maximum Gasteiger partial charge on any atom is 0.171 e. The van der Waals surface area contributed by atoms with Gasteiger partial charge in [0.2, 0.25) is 0 Å². The second kappa shape index (κ2) is 7.75. The van der Waals surface area contributed by atoms with Crippen LogP contribution in [0.2, 0.25) is 0 Å². The molecule has 0 spiro atoms. The van der Waals surface area contributed by atoms with Crippen molar-refractivity contribution in [2.75, 3.05) is 28.7 Å². The van der Waals surface area contributed by atoms with Crippen LogP contribution in [0.4, 0.5) is 29.0 Å². The van der Waals surface area contributed by atoms with Gasteiger partial charge in [-0.2, -0.15) is 0 Å². The van der Waals surface area contributed by atoms with Gasteiger partial charge in [0, 0.05) is 25.2 Å². The van der Waals surface area contributed by atoms with E-state index in [0.717, 1.165) is 28.0 Å². The molecule has 0 atom stereocenters. The number of aromatic nitrogens is 4. The molecule has 3 heterocycles. The predicted molar refractivity (Wildman–Crippen MR) is 113 cm³/mol. The highest BCUT2D eigenvalue weighted by atomic mass is 15.1. The molecule has 0 aliphatic heterocycles. The van der Waals surface area contributed by atoms with Crippen molar-refractivity contribution >= 4 is 39.9 Å². The van der Waals surface area contributed by atoms with Gasteiger partial charge in [0.05, 0.1) is 23.6 Å². The van der Waals surface area contributed by atoms with Gasteiger partial charge in [-0.15, -0.1) is 0 Å². The minimum Gasteiger partial charge on any atom is -0.381 e. The third-order valence-corrected chi connectivity index (χ3v) is 4.22. The maximum absolute atomic E-state index is 5.98. The van der Waals surface area contributed by atoms with Crippen molar-refractivity contribution < 1.29 is 0 Å². The van der Waals surface area contributed by atoms with Crippen LogP contribution in [0.25, 0.3) is 10.9 Å². The second-order valence-electron chi connectivity index (χ2n) is 6.18. The predicted octanol–water partition coefficient (Wildman–Crippen LogP) is 3.40. The molecule has 8 nitrogen and oxygen atoms in total. The van der Waals surface area contributed by atoms with E-state index in [1.54, 1.807) is 18.6 Å². The molecule has 0 fully saturated rings. The Kier molecular flexibility index (Phi) is 4.83. The van der Waals surface area contributed by atoms with Crippen molar-refractivity contribution in [2.24, 2.45) is 0 Å². The lowest BCUT2D eigenvalue weighted by Gasteiger charge is -2.11. The SMILES string of the molecule is CNc1ccc(Nc2cnc(N)c(NCc3ccc4ncccc4c3)n2)cn1. The number of hydrogen-bond donors (Lipinski definition) is 4. The van der Waals surface area contributed by atoms with E-state index < -0.39 is 0 Å². The van der Waals surface area contributed by atoms with Crippen LogP contribution in [0.3, 0.4) is 0 Å². The maximum atomic E-state index is 5.98. The number of fused-ring (bicyclic) bond motifs is 1. The van der Waals surface area contributed by atoms with E-state index in [-0.39, 0.29) is 0 Å². The Labute approximate surface area is 162 Å². The fraction of sp³-hybridized carbons (Fsp3) is 0.100. The lowest BCUT2D eigenvalue weighted by molar-refractivity contribution is 1.09. The van der Waals surface area contributed by atoms with E-state index in [9.17, 15) is 0 Å². The van der Waals surface area contributed by atoms with Gasteiger partial charge in [-0.25, -0.2) is 15.0 Å². The second-order valence-corrected chi connectivity index (χ2v) is 6.18. The molecule has 4 aromatic rings. The van der Waals surface area contributed by atoms with Gasteiger partial charge in [-0.3, -0.25) is 4.98 Å². The van der Waals surface area contributed by atoms with E-state index in [0.29, 0.717) is 24.0 Å². The van der Waals surface area contributed by atoms with Gasteiger partial charge in [-0.05, 0) is 35.9 Å². The Balaban J connectivity index is 1.48. The fourth-order valence-electron chi connectivity index (χ4n) is 2.77. The molecule has 8 heteroatoms. The standard InChI is InChI=1S/C20H20N8/c1-22-17-7-5-15(11-24-17)27-18-12-25-19(21)20(28-18)26-10-13-4-6-16-14(9-13)3-2-8-23-16/h2-9,11-12H,10H2,1H3,(H2,21,25)(H,22,24)(H2,26,27,28). The molecule has 0 bridgehead atoms. The average molecular weight is 372 g/mol. The van der Waals surface area contributed by atoms with Crippen LogP contribution in [0.15, 0.2) is 61.1 Å². The molecular formula is C20H20N8. The van der Waals surface area contributed by atoms with Crippen LogP contribution in [0, 0.1) is 0 Å². The zero-order valence-corrected chi connectivity index (χ0v) is 15.3. The molecule has 0 unspecified atom stereocenters. The van der Waals surface area contributed by atoms with Gasteiger partial charge < -0.3 is 21.7 Å². The first-order chi connectivity index (χ1) is 13.7. The van der Waals surface area contributed by atoms with Gasteiger partial charge in [-0.1, -0.05) is 12.1 Å². The average Bonchev–Trinajstić information content (AvgIpc) is 2.74. The zero-order chi connectivity index (χ0) is 19.3. The lowest BCUT2D eigenvalue weighted by Crippen LogP contribution is -2.08. The van der Waals surface area contributed by atoms with Crippen LogP contribution in [-0.4, -0.2) is 27.0 Å². The summed E-state index contributed by atoms with van der Waals surface area (Å²) >= 11 is 0. The Morgan fingerprint density at radius 3 is 2.71 bits per heavy atom. The van der Waals surface area contributed by atoms with Crippen molar-refractivity contribution in [2.45, 2.75) is 6.54 Å². The molecule has 0 saturated heterocycles. The summed E-state index contributed by atoms with van der Waals surface area (Å²) in [4.78, 5) is 17.3. The van der Waals surface area contributed by atoms with E-state index in [1.807, 2.05) is 43.4 Å². The third-order valence-electron chi connectivity index (χ3n) is 4.22. The van der Waals surface area contributed by atoms with Crippen LogP contribution in [0.1, 0.15) is 5.56 Å². The Morgan fingerprint density at radius 1 is 0.964 bits per heavy atom. The van der Waals surface area contributed by atoms with Crippen molar-refractivity contribution in [3.05, 3.63) is 66.6 Å². The summed E-state index contributed by atoms with van der Waals surface area (Å²) in [5, 5.41) is 10.5. The largest absolute Gasteiger partial charge is 0.381 e. The first kappa shape index (κ1) is 17.5. The molecule has 0 amide bonds. The molecule has 5 N–H and O–H groups in total. The summed E-state index contributed by atoms with van der Waals surface area (Å²) in [6, 6.07) is 13.9. The molecule has 0 saturated carbocycles. The first-order valence-electron chi connectivity index (χ1n) is 8.82. The van der Waals surface area contributed by atoms with Crippen molar-refractivity contribution in [1.29, 1.82) is 0 Å². The van der Waals surface area contributed by atoms with Crippen LogP contribution in [0.5, 0.6) is 0 Å². The topological polar surface area (TPSA) is 114 Å². The van der Waals surface area contributed by atoms with Crippen molar-refractivity contribution in [1.82, 2.24) is 19.9 Å². The lowest BCUT2D eigenvalue weighted by atomic mass is 10.1. The Hall–Kier alpha value is -3.94. The smallest absolute Gasteiger partial charge is 0.171 e. The summed E-state index contributed by atoms with van der Waals surface area (Å²) in [5.41, 5.74) is 8.86. The first-order valence-corrected chi connectivity index (χ1v) is 8.82. The quantitative estimate of drug-likeness (QED) is 0.407. The molecule has 0 radical (unpaired) electrons. The number of nitrogen functional groups attached to an aromatic ring is 1. The van der Waals surface area contributed by atoms with Gasteiger partial charge in [0.1, 0.15) is 5.82 Å². The number of nitrogens with two attached hydrogens (primary N) is 1. The molecule has 140 valence electrons. The Bertz CT molecular complexity index is 1090. The number of nitrogens with zero attached hydrogens (tertiary/aromatic N) is 4. The van der Waals surface area contributed by atoms with Gasteiger partial charge in [0.15, 0.2) is 17.5 Å². The molecule has 0 aliphatic rings.